The van der Waals surface area contributed by atoms with Crippen LogP contribution in [0.4, 0.5) is 0 Å². The zero-order valence-electron chi connectivity index (χ0n) is 18.2. The molecule has 1 aromatic rings. The van der Waals surface area contributed by atoms with E-state index in [0.29, 0.717) is 31.6 Å². The maximum Gasteiger partial charge on any atom is 0.254 e. The summed E-state index contributed by atoms with van der Waals surface area (Å²) < 4.78 is 0. The van der Waals surface area contributed by atoms with Crippen LogP contribution in [-0.2, 0) is 16.1 Å². The lowest BCUT2D eigenvalue weighted by Gasteiger charge is -2.26. The minimum atomic E-state index is -0.128. The van der Waals surface area contributed by atoms with Gasteiger partial charge in [-0.25, -0.2) is 4.99 Å². The summed E-state index contributed by atoms with van der Waals surface area (Å²) in [5.41, 5.74) is 1.57. The highest BCUT2D eigenvalue weighted by Crippen LogP contribution is 2.10. The van der Waals surface area contributed by atoms with Gasteiger partial charge in [0.2, 0.25) is 11.8 Å². The van der Waals surface area contributed by atoms with Gasteiger partial charge in [-0.1, -0.05) is 12.1 Å². The quantitative estimate of drug-likeness (QED) is 0.314. The molecule has 0 aromatic heterocycles. The highest BCUT2D eigenvalue weighted by Gasteiger charge is 2.22. The fourth-order valence-electron chi connectivity index (χ4n) is 3.68. The summed E-state index contributed by atoms with van der Waals surface area (Å²) in [6.45, 7) is 6.78. The number of rotatable bonds is 8. The Hall–Kier alpha value is -3.10. The first-order valence-corrected chi connectivity index (χ1v) is 11.0. The van der Waals surface area contributed by atoms with Gasteiger partial charge in [-0.3, -0.25) is 14.4 Å². The van der Waals surface area contributed by atoms with Crippen molar-refractivity contribution in [1.82, 2.24) is 25.8 Å². The van der Waals surface area contributed by atoms with Crippen LogP contribution in [0.25, 0.3) is 0 Å². The van der Waals surface area contributed by atoms with Gasteiger partial charge in [-0.15, -0.1) is 0 Å². The van der Waals surface area contributed by atoms with Crippen molar-refractivity contribution >= 4 is 23.7 Å². The van der Waals surface area contributed by atoms with Crippen molar-refractivity contribution in [2.45, 2.75) is 32.7 Å². The first-order chi connectivity index (χ1) is 15.1. The number of guanidine groups is 1. The van der Waals surface area contributed by atoms with Gasteiger partial charge in [0.15, 0.2) is 5.96 Å². The molecule has 2 fully saturated rings. The first kappa shape index (κ1) is 22.6. The molecule has 0 spiro atoms. The Bertz CT molecular complexity index is 808. The number of carbonyl (C=O) groups excluding carboxylic acids is 3. The van der Waals surface area contributed by atoms with E-state index >= 15 is 0 Å². The highest BCUT2D eigenvalue weighted by molar-refractivity contribution is 5.97. The fourth-order valence-corrected chi connectivity index (χ4v) is 3.68. The third kappa shape index (κ3) is 6.70. The molecule has 9 heteroatoms. The first-order valence-electron chi connectivity index (χ1n) is 11.0. The van der Waals surface area contributed by atoms with E-state index in [9.17, 15) is 14.4 Å². The molecule has 2 aliphatic heterocycles. The van der Waals surface area contributed by atoms with Crippen molar-refractivity contribution in [2.75, 3.05) is 45.8 Å². The summed E-state index contributed by atoms with van der Waals surface area (Å²) in [5.74, 6) is 0.734. The number of likely N-dealkylation sites (tertiary alicyclic amines) is 1. The average molecular weight is 429 g/mol. The number of aliphatic imine (C=N–C) groups is 1. The van der Waals surface area contributed by atoms with E-state index in [1.807, 2.05) is 24.0 Å². The molecule has 0 bridgehead atoms. The second-order valence-corrected chi connectivity index (χ2v) is 7.73. The lowest BCUT2D eigenvalue weighted by molar-refractivity contribution is -0.127. The highest BCUT2D eigenvalue weighted by atomic mass is 16.2. The number of nitrogens with zero attached hydrogens (tertiary/aromatic N) is 3. The van der Waals surface area contributed by atoms with Gasteiger partial charge in [0.1, 0.15) is 0 Å². The molecule has 0 unspecified atom stereocenters. The van der Waals surface area contributed by atoms with Crippen LogP contribution < -0.4 is 16.0 Å². The number of benzene rings is 1. The molecule has 2 heterocycles. The second-order valence-electron chi connectivity index (χ2n) is 7.73. The van der Waals surface area contributed by atoms with E-state index in [0.717, 1.165) is 50.5 Å². The van der Waals surface area contributed by atoms with Crippen LogP contribution in [0.5, 0.6) is 0 Å². The molecule has 0 aliphatic carbocycles. The van der Waals surface area contributed by atoms with Crippen molar-refractivity contribution in [3.05, 3.63) is 35.4 Å². The van der Waals surface area contributed by atoms with Crippen LogP contribution in [-0.4, -0.2) is 79.3 Å². The van der Waals surface area contributed by atoms with Crippen molar-refractivity contribution in [3.8, 4) is 0 Å². The third-order valence-electron chi connectivity index (χ3n) is 5.36. The number of amides is 3. The number of carbonyl (C=O) groups is 3. The maximum atomic E-state index is 12.5. The Balaban J connectivity index is 1.47. The van der Waals surface area contributed by atoms with E-state index in [2.05, 4.69) is 20.9 Å². The number of nitrogens with one attached hydrogen (secondary N) is 3. The molecule has 2 saturated heterocycles. The molecule has 3 rings (SSSR count). The Labute approximate surface area is 183 Å². The van der Waals surface area contributed by atoms with E-state index in [-0.39, 0.29) is 24.3 Å². The largest absolute Gasteiger partial charge is 0.357 e. The second kappa shape index (κ2) is 11.3. The van der Waals surface area contributed by atoms with E-state index in [4.69, 9.17) is 0 Å². The summed E-state index contributed by atoms with van der Waals surface area (Å²) in [5, 5.41) is 9.26. The minimum absolute atomic E-state index is 0.106. The Kier molecular flexibility index (Phi) is 8.26. The number of hydrogen-bond donors (Lipinski definition) is 3. The smallest absolute Gasteiger partial charge is 0.254 e. The molecule has 3 amide bonds. The fraction of sp³-hybridized carbons (Fsp3) is 0.545. The predicted octanol–water partition coefficient (Wildman–Crippen LogP) is 0.326. The molecule has 3 N–H and O–H groups in total. The summed E-state index contributed by atoms with van der Waals surface area (Å²) >= 11 is 0. The van der Waals surface area contributed by atoms with Crippen LogP contribution in [0, 0.1) is 0 Å². The molecule has 0 atom stereocenters. The standard InChI is InChI=1S/C22H32N6O3/c1-2-23-22(25-10-4-13-27-12-3-5-20(27)30)26-15-17-6-8-18(9-7-17)21(31)28-14-11-24-19(29)16-28/h6-9H,2-5,10-16H2,1H3,(H,24,29)(H2,23,25,26). The normalized spacial score (nSPS) is 17.0. The molecular formula is C22H32N6O3. The van der Waals surface area contributed by atoms with Crippen LogP contribution in [0.1, 0.15) is 42.1 Å². The molecule has 168 valence electrons. The molecule has 1 aromatic carbocycles. The Morgan fingerprint density at radius 2 is 1.97 bits per heavy atom. The van der Waals surface area contributed by atoms with Gasteiger partial charge in [0.25, 0.3) is 5.91 Å². The number of piperazine rings is 1. The maximum absolute atomic E-state index is 12.5. The zero-order valence-corrected chi connectivity index (χ0v) is 18.2. The lowest BCUT2D eigenvalue weighted by Crippen LogP contribution is -2.49. The predicted molar refractivity (Wildman–Crippen MR) is 119 cm³/mol. The monoisotopic (exact) mass is 428 g/mol. The third-order valence-corrected chi connectivity index (χ3v) is 5.36. The summed E-state index contributed by atoms with van der Waals surface area (Å²) in [6, 6.07) is 7.35. The van der Waals surface area contributed by atoms with Crippen molar-refractivity contribution in [1.29, 1.82) is 0 Å². The molecule has 9 nitrogen and oxygen atoms in total. The van der Waals surface area contributed by atoms with Crippen molar-refractivity contribution in [2.24, 2.45) is 4.99 Å². The van der Waals surface area contributed by atoms with E-state index in [1.54, 1.807) is 17.0 Å². The van der Waals surface area contributed by atoms with Gasteiger partial charge in [-0.2, -0.15) is 0 Å². The summed E-state index contributed by atoms with van der Waals surface area (Å²) in [4.78, 5) is 43.8. The molecule has 0 saturated carbocycles. The van der Waals surface area contributed by atoms with Crippen LogP contribution in [0.3, 0.4) is 0 Å². The van der Waals surface area contributed by atoms with Crippen LogP contribution >= 0.6 is 0 Å². The zero-order chi connectivity index (χ0) is 22.1. The van der Waals surface area contributed by atoms with Crippen LogP contribution in [0.15, 0.2) is 29.3 Å². The van der Waals surface area contributed by atoms with Crippen LogP contribution in [0.2, 0.25) is 0 Å². The van der Waals surface area contributed by atoms with Gasteiger partial charge in [-0.05, 0) is 37.5 Å². The van der Waals surface area contributed by atoms with Crippen molar-refractivity contribution in [3.63, 3.8) is 0 Å². The molecule has 0 radical (unpaired) electrons. The topological polar surface area (TPSA) is 106 Å². The minimum Gasteiger partial charge on any atom is -0.357 e. The molecular weight excluding hydrogens is 396 g/mol. The molecule has 31 heavy (non-hydrogen) atoms. The van der Waals surface area contributed by atoms with Gasteiger partial charge >= 0.3 is 0 Å². The Morgan fingerprint density at radius 3 is 2.65 bits per heavy atom. The van der Waals surface area contributed by atoms with Gasteiger partial charge < -0.3 is 25.8 Å². The summed E-state index contributed by atoms with van der Waals surface area (Å²) in [6.07, 6.45) is 2.52. The van der Waals surface area contributed by atoms with Crippen molar-refractivity contribution < 1.29 is 14.4 Å². The van der Waals surface area contributed by atoms with Gasteiger partial charge in [0, 0.05) is 51.3 Å². The Morgan fingerprint density at radius 1 is 1.16 bits per heavy atom. The number of hydrogen-bond acceptors (Lipinski definition) is 4. The lowest BCUT2D eigenvalue weighted by atomic mass is 10.1. The SMILES string of the molecule is CCNC(=NCc1ccc(C(=O)N2CCNC(=O)C2)cc1)NCCCN1CCCC1=O. The van der Waals surface area contributed by atoms with E-state index in [1.165, 1.54) is 0 Å². The van der Waals surface area contributed by atoms with E-state index < -0.39 is 0 Å². The molecule has 2 aliphatic rings. The van der Waals surface area contributed by atoms with Gasteiger partial charge in [0.05, 0.1) is 13.1 Å². The average Bonchev–Trinajstić information content (AvgIpc) is 3.19. The summed E-state index contributed by atoms with van der Waals surface area (Å²) in [7, 11) is 0.